The maximum atomic E-state index is 13.2. The summed E-state index contributed by atoms with van der Waals surface area (Å²) in [5, 5.41) is 9.15. The van der Waals surface area contributed by atoms with E-state index in [0.29, 0.717) is 25.1 Å². The molecule has 2 atom stereocenters. The van der Waals surface area contributed by atoms with Crippen LogP contribution in [0.4, 0.5) is 5.69 Å². The number of esters is 1. The quantitative estimate of drug-likeness (QED) is 0.243. The highest BCUT2D eigenvalue weighted by atomic mass is 16.5. The van der Waals surface area contributed by atoms with Gasteiger partial charge in [-0.25, -0.2) is 0 Å². The maximum Gasteiger partial charge on any atom is 0.302 e. The summed E-state index contributed by atoms with van der Waals surface area (Å²) in [4.78, 5) is 37.3. The fraction of sp³-hybridized carbons (Fsp3) is 0.444. The summed E-state index contributed by atoms with van der Waals surface area (Å²) in [6.45, 7) is 6.03. The third-order valence-corrected chi connectivity index (χ3v) is 5.38. The minimum atomic E-state index is -0.693. The lowest BCUT2D eigenvalue weighted by Crippen LogP contribution is -2.53. The van der Waals surface area contributed by atoms with Gasteiger partial charge in [-0.05, 0) is 55.5 Å². The van der Waals surface area contributed by atoms with Crippen molar-refractivity contribution in [2.45, 2.75) is 71.2 Å². The summed E-state index contributed by atoms with van der Waals surface area (Å²) in [5.74, 6) is -0.853. The van der Waals surface area contributed by atoms with Gasteiger partial charge in [-0.2, -0.15) is 0 Å². The van der Waals surface area contributed by atoms with Gasteiger partial charge in [0.2, 0.25) is 11.8 Å². The van der Waals surface area contributed by atoms with Gasteiger partial charge in [0.1, 0.15) is 12.6 Å². The van der Waals surface area contributed by atoms with Gasteiger partial charge >= 0.3 is 5.97 Å². The normalized spacial score (nSPS) is 12.6. The van der Waals surface area contributed by atoms with Crippen LogP contribution in [0.15, 0.2) is 54.6 Å². The largest absolute Gasteiger partial charge is 0.461 e. The first-order chi connectivity index (χ1) is 16.8. The number of ether oxygens (including phenoxy) is 1. The number of unbranched alkanes of at least 4 members (excludes halogenated alkanes) is 1. The van der Waals surface area contributed by atoms with E-state index in [0.717, 1.165) is 24.0 Å². The van der Waals surface area contributed by atoms with Crippen LogP contribution in [-0.2, 0) is 32.1 Å². The van der Waals surface area contributed by atoms with Crippen LogP contribution in [0.5, 0.6) is 0 Å². The Morgan fingerprint density at radius 2 is 1.57 bits per heavy atom. The molecule has 0 aliphatic carbocycles. The monoisotopic (exact) mass is 482 g/mol. The van der Waals surface area contributed by atoms with Crippen LogP contribution >= 0.6 is 0 Å². The first kappa shape index (κ1) is 28.0. The van der Waals surface area contributed by atoms with Crippen LogP contribution < -0.4 is 21.7 Å². The number of hydrogen-bond donors (Lipinski definition) is 4. The highest BCUT2D eigenvalue weighted by molar-refractivity contribution is 5.97. The van der Waals surface area contributed by atoms with E-state index in [1.54, 1.807) is 24.3 Å². The molecule has 0 spiro atoms. The molecule has 0 saturated carbocycles. The van der Waals surface area contributed by atoms with Crippen molar-refractivity contribution in [1.29, 1.82) is 0 Å². The second-order valence-corrected chi connectivity index (χ2v) is 8.88. The molecule has 0 bridgehead atoms. The summed E-state index contributed by atoms with van der Waals surface area (Å²) in [5.41, 5.74) is 8.09. The van der Waals surface area contributed by atoms with Gasteiger partial charge in [0.25, 0.3) is 0 Å². The number of carbonyl (C=O) groups excluding carboxylic acids is 3. The summed E-state index contributed by atoms with van der Waals surface area (Å²) in [6, 6.07) is 15.8. The number of amides is 2. The summed E-state index contributed by atoms with van der Waals surface area (Å²) in [7, 11) is 0. The van der Waals surface area contributed by atoms with E-state index >= 15 is 0 Å². The molecule has 0 heterocycles. The van der Waals surface area contributed by atoms with Gasteiger partial charge in [0, 0.05) is 18.7 Å². The van der Waals surface area contributed by atoms with Crippen LogP contribution in [0.2, 0.25) is 0 Å². The zero-order valence-corrected chi connectivity index (χ0v) is 20.9. The number of rotatable bonds is 14. The fourth-order valence-electron chi connectivity index (χ4n) is 3.61. The number of anilines is 1. The standard InChI is InChI=1S/C27H38N4O4/c1-19(2)29-25(17-21-9-5-4-6-10-21)27(34)31-24(11-7-8-16-28)26(33)30-23-14-12-22(13-15-23)18-35-20(3)32/h4-6,9-10,12-15,19,24-25,29H,7-8,11,16-18,28H2,1-3H3,(H,30,33)(H,31,34)/t24-,25-/m0/s1. The molecule has 0 saturated heterocycles. The molecule has 0 unspecified atom stereocenters. The van der Waals surface area contributed by atoms with E-state index in [2.05, 4.69) is 16.0 Å². The Labute approximate surface area is 208 Å². The minimum Gasteiger partial charge on any atom is -0.461 e. The number of nitrogens with one attached hydrogen (secondary N) is 3. The van der Waals surface area contributed by atoms with E-state index in [1.807, 2.05) is 44.2 Å². The number of hydrogen-bond acceptors (Lipinski definition) is 6. The highest BCUT2D eigenvalue weighted by Gasteiger charge is 2.26. The number of carbonyl (C=O) groups is 3. The summed E-state index contributed by atoms with van der Waals surface area (Å²) in [6.07, 6.45) is 2.49. The molecule has 2 rings (SSSR count). The molecule has 2 amide bonds. The van der Waals surface area contributed by atoms with E-state index in [-0.39, 0.29) is 30.4 Å². The molecule has 0 aliphatic rings. The van der Waals surface area contributed by atoms with E-state index in [9.17, 15) is 14.4 Å². The first-order valence-corrected chi connectivity index (χ1v) is 12.1. The van der Waals surface area contributed by atoms with Crippen molar-refractivity contribution < 1.29 is 19.1 Å². The highest BCUT2D eigenvalue weighted by Crippen LogP contribution is 2.13. The molecule has 190 valence electrons. The van der Waals surface area contributed by atoms with Gasteiger partial charge in [-0.3, -0.25) is 14.4 Å². The Bertz CT molecular complexity index is 932. The van der Waals surface area contributed by atoms with Crippen molar-refractivity contribution in [3.05, 3.63) is 65.7 Å². The average molecular weight is 483 g/mol. The van der Waals surface area contributed by atoms with Crippen molar-refractivity contribution >= 4 is 23.5 Å². The molecule has 5 N–H and O–H groups in total. The van der Waals surface area contributed by atoms with Crippen LogP contribution in [0.25, 0.3) is 0 Å². The van der Waals surface area contributed by atoms with Crippen molar-refractivity contribution in [2.75, 3.05) is 11.9 Å². The second kappa shape index (κ2) is 14.9. The molecule has 2 aromatic carbocycles. The summed E-state index contributed by atoms with van der Waals surface area (Å²) >= 11 is 0. The lowest BCUT2D eigenvalue weighted by molar-refractivity contribution is -0.142. The van der Waals surface area contributed by atoms with E-state index in [1.165, 1.54) is 6.92 Å². The molecule has 0 radical (unpaired) electrons. The van der Waals surface area contributed by atoms with Crippen LogP contribution in [0, 0.1) is 0 Å². The zero-order valence-electron chi connectivity index (χ0n) is 20.9. The Kier molecular flexibility index (Phi) is 11.9. The predicted molar refractivity (Wildman–Crippen MR) is 138 cm³/mol. The Balaban J connectivity index is 2.08. The predicted octanol–water partition coefficient (Wildman–Crippen LogP) is 2.91. The molecule has 0 fully saturated rings. The SMILES string of the molecule is CC(=O)OCc1ccc(NC(=O)[C@H](CCCCN)NC(=O)[C@H](Cc2ccccc2)NC(C)C)cc1. The molecule has 2 aromatic rings. The van der Waals surface area contributed by atoms with Crippen molar-refractivity contribution in [1.82, 2.24) is 10.6 Å². The third-order valence-electron chi connectivity index (χ3n) is 5.38. The van der Waals surface area contributed by atoms with Gasteiger partial charge in [-0.15, -0.1) is 0 Å². The lowest BCUT2D eigenvalue weighted by Gasteiger charge is -2.25. The number of benzene rings is 2. The molecular weight excluding hydrogens is 444 g/mol. The minimum absolute atomic E-state index is 0.101. The van der Waals surface area contributed by atoms with Gasteiger partial charge in [0.05, 0.1) is 6.04 Å². The molecule has 8 heteroatoms. The van der Waals surface area contributed by atoms with E-state index in [4.69, 9.17) is 10.5 Å². The Morgan fingerprint density at radius 3 is 2.17 bits per heavy atom. The third kappa shape index (κ3) is 10.7. The van der Waals surface area contributed by atoms with Crippen molar-refractivity contribution in [3.8, 4) is 0 Å². The molecule has 0 aliphatic heterocycles. The van der Waals surface area contributed by atoms with Crippen LogP contribution in [-0.4, -0.2) is 42.5 Å². The molecule has 35 heavy (non-hydrogen) atoms. The Morgan fingerprint density at radius 1 is 0.886 bits per heavy atom. The Hall–Kier alpha value is -3.23. The smallest absolute Gasteiger partial charge is 0.302 e. The van der Waals surface area contributed by atoms with Gasteiger partial charge in [-0.1, -0.05) is 56.3 Å². The second-order valence-electron chi connectivity index (χ2n) is 8.88. The molecule has 0 aromatic heterocycles. The fourth-order valence-corrected chi connectivity index (χ4v) is 3.61. The van der Waals surface area contributed by atoms with Gasteiger partial charge < -0.3 is 26.4 Å². The van der Waals surface area contributed by atoms with Crippen LogP contribution in [0.1, 0.15) is 51.2 Å². The average Bonchev–Trinajstić information content (AvgIpc) is 2.83. The van der Waals surface area contributed by atoms with E-state index < -0.39 is 12.1 Å². The van der Waals surface area contributed by atoms with Gasteiger partial charge in [0.15, 0.2) is 0 Å². The lowest BCUT2D eigenvalue weighted by atomic mass is 10.0. The maximum absolute atomic E-state index is 13.2. The zero-order chi connectivity index (χ0) is 25.6. The topological polar surface area (TPSA) is 123 Å². The summed E-state index contributed by atoms with van der Waals surface area (Å²) < 4.78 is 4.99. The van der Waals surface area contributed by atoms with Crippen LogP contribution in [0.3, 0.4) is 0 Å². The molecular formula is C27H38N4O4. The number of nitrogens with two attached hydrogens (primary N) is 1. The first-order valence-electron chi connectivity index (χ1n) is 12.1. The van der Waals surface area contributed by atoms with Crippen molar-refractivity contribution in [2.24, 2.45) is 5.73 Å². The van der Waals surface area contributed by atoms with Crippen molar-refractivity contribution in [3.63, 3.8) is 0 Å². The molecule has 8 nitrogen and oxygen atoms in total.